The fourth-order valence-corrected chi connectivity index (χ4v) is 2.81. The van der Waals surface area contributed by atoms with Gasteiger partial charge in [-0.15, -0.1) is 0 Å². The van der Waals surface area contributed by atoms with Gasteiger partial charge in [0.05, 0.1) is 5.52 Å². The van der Waals surface area contributed by atoms with E-state index >= 15 is 0 Å². The maximum atomic E-state index is 13.1. The summed E-state index contributed by atoms with van der Waals surface area (Å²) in [7, 11) is 2.00. The molecule has 0 atom stereocenters. The van der Waals surface area contributed by atoms with Gasteiger partial charge in [0.25, 0.3) is 0 Å². The SMILES string of the molecule is CN1CCN(c2cc(C(F)(F)F)nc3ccc(Cl)cc23)CC1. The number of pyridine rings is 1. The molecule has 7 heteroatoms. The Balaban J connectivity index is 2.14. The number of anilines is 1. The van der Waals surface area contributed by atoms with Crippen molar-refractivity contribution in [3.63, 3.8) is 0 Å². The van der Waals surface area contributed by atoms with E-state index in [-0.39, 0.29) is 0 Å². The van der Waals surface area contributed by atoms with Gasteiger partial charge in [-0.05, 0) is 31.3 Å². The Kier molecular flexibility index (Phi) is 3.91. The van der Waals surface area contributed by atoms with Crippen LogP contribution in [0.3, 0.4) is 0 Å². The summed E-state index contributed by atoms with van der Waals surface area (Å²) in [4.78, 5) is 7.86. The van der Waals surface area contributed by atoms with E-state index in [0.29, 0.717) is 34.7 Å². The second-order valence-electron chi connectivity index (χ2n) is 5.48. The summed E-state index contributed by atoms with van der Waals surface area (Å²) >= 11 is 6.01. The summed E-state index contributed by atoms with van der Waals surface area (Å²) in [5.74, 6) is 0. The van der Waals surface area contributed by atoms with E-state index in [0.717, 1.165) is 19.2 Å². The van der Waals surface area contributed by atoms with Crippen molar-refractivity contribution in [2.45, 2.75) is 6.18 Å². The molecule has 1 aliphatic rings. The molecule has 0 aliphatic carbocycles. The molecule has 1 aromatic heterocycles. The predicted molar refractivity (Wildman–Crippen MR) is 81.5 cm³/mol. The smallest absolute Gasteiger partial charge is 0.368 e. The maximum Gasteiger partial charge on any atom is 0.433 e. The van der Waals surface area contributed by atoms with E-state index < -0.39 is 11.9 Å². The molecule has 22 heavy (non-hydrogen) atoms. The molecule has 0 spiro atoms. The molecule has 1 fully saturated rings. The van der Waals surface area contributed by atoms with Gasteiger partial charge in [0.15, 0.2) is 0 Å². The van der Waals surface area contributed by atoms with Gasteiger partial charge >= 0.3 is 6.18 Å². The lowest BCUT2D eigenvalue weighted by Crippen LogP contribution is -2.44. The molecule has 0 bridgehead atoms. The average molecular weight is 330 g/mol. The Hall–Kier alpha value is -1.53. The number of rotatable bonds is 1. The van der Waals surface area contributed by atoms with E-state index in [1.807, 2.05) is 11.9 Å². The lowest BCUT2D eigenvalue weighted by atomic mass is 10.1. The standard InChI is InChI=1S/C15H15ClF3N3/c1-21-4-6-22(7-5-21)13-9-14(15(17,18)19)20-12-3-2-10(16)8-11(12)13/h2-3,8-9H,4-7H2,1H3. The minimum absolute atomic E-state index is 0.313. The molecule has 2 aromatic rings. The fraction of sp³-hybridized carbons (Fsp3) is 0.400. The van der Waals surface area contributed by atoms with Gasteiger partial charge in [0.1, 0.15) is 5.69 Å². The van der Waals surface area contributed by atoms with Gasteiger partial charge in [-0.25, -0.2) is 4.98 Å². The zero-order valence-corrected chi connectivity index (χ0v) is 12.7. The Bertz CT molecular complexity index is 694. The third-order valence-electron chi connectivity index (χ3n) is 3.88. The van der Waals surface area contributed by atoms with Crippen LogP contribution in [0.2, 0.25) is 5.02 Å². The molecule has 2 heterocycles. The molecule has 1 aliphatic heterocycles. The van der Waals surface area contributed by atoms with E-state index in [2.05, 4.69) is 9.88 Å². The molecule has 1 saturated heterocycles. The first-order chi connectivity index (χ1) is 10.3. The molecule has 3 rings (SSSR count). The van der Waals surface area contributed by atoms with E-state index in [1.54, 1.807) is 12.1 Å². The Labute approximate surface area is 131 Å². The van der Waals surface area contributed by atoms with Gasteiger partial charge in [-0.2, -0.15) is 13.2 Å². The highest BCUT2D eigenvalue weighted by Gasteiger charge is 2.34. The molecule has 1 aromatic carbocycles. The van der Waals surface area contributed by atoms with Crippen molar-refractivity contribution in [3.05, 3.63) is 35.0 Å². The minimum Gasteiger partial charge on any atom is -0.368 e. The van der Waals surface area contributed by atoms with Crippen LogP contribution >= 0.6 is 11.6 Å². The maximum absolute atomic E-state index is 13.1. The number of benzene rings is 1. The first-order valence-corrected chi connectivity index (χ1v) is 7.33. The Morgan fingerprint density at radius 3 is 2.41 bits per heavy atom. The highest BCUT2D eigenvalue weighted by molar-refractivity contribution is 6.31. The van der Waals surface area contributed by atoms with Crippen molar-refractivity contribution < 1.29 is 13.2 Å². The summed E-state index contributed by atoms with van der Waals surface area (Å²) < 4.78 is 39.3. The average Bonchev–Trinajstić information content (AvgIpc) is 2.46. The van der Waals surface area contributed by atoms with E-state index in [1.165, 1.54) is 6.07 Å². The lowest BCUT2D eigenvalue weighted by molar-refractivity contribution is -0.140. The summed E-state index contributed by atoms with van der Waals surface area (Å²) in [6, 6.07) is 5.90. The number of likely N-dealkylation sites (N-methyl/N-ethyl adjacent to an activating group) is 1. The van der Waals surface area contributed by atoms with Crippen LogP contribution in [-0.2, 0) is 6.18 Å². The van der Waals surface area contributed by atoms with Crippen LogP contribution in [0.15, 0.2) is 24.3 Å². The molecule has 0 saturated carbocycles. The van der Waals surface area contributed by atoms with Crippen LogP contribution in [-0.4, -0.2) is 43.1 Å². The van der Waals surface area contributed by atoms with Crippen LogP contribution in [0.5, 0.6) is 0 Å². The normalized spacial score (nSPS) is 17.2. The third-order valence-corrected chi connectivity index (χ3v) is 4.12. The van der Waals surface area contributed by atoms with E-state index in [4.69, 9.17) is 11.6 Å². The van der Waals surface area contributed by atoms with Crippen molar-refractivity contribution in [3.8, 4) is 0 Å². The van der Waals surface area contributed by atoms with Crippen LogP contribution in [0.4, 0.5) is 18.9 Å². The molecule has 0 unspecified atom stereocenters. The summed E-state index contributed by atoms with van der Waals surface area (Å²) in [5.41, 5.74) is -0.00247. The molecular formula is C15H15ClF3N3. The second-order valence-corrected chi connectivity index (χ2v) is 5.91. The lowest BCUT2D eigenvalue weighted by Gasteiger charge is -2.35. The minimum atomic E-state index is -4.46. The number of piperazine rings is 1. The number of aromatic nitrogens is 1. The van der Waals surface area contributed by atoms with Gasteiger partial charge in [-0.3, -0.25) is 0 Å². The third kappa shape index (κ3) is 2.98. The van der Waals surface area contributed by atoms with Gasteiger partial charge in [-0.1, -0.05) is 11.6 Å². The number of nitrogens with zero attached hydrogens (tertiary/aromatic N) is 3. The monoisotopic (exact) mass is 329 g/mol. The van der Waals surface area contributed by atoms with Gasteiger partial charge in [0, 0.05) is 42.3 Å². The van der Waals surface area contributed by atoms with Crippen molar-refractivity contribution in [2.24, 2.45) is 0 Å². The van der Waals surface area contributed by atoms with Crippen molar-refractivity contribution in [2.75, 3.05) is 38.1 Å². The van der Waals surface area contributed by atoms with Crippen molar-refractivity contribution in [1.29, 1.82) is 0 Å². The van der Waals surface area contributed by atoms with E-state index in [9.17, 15) is 13.2 Å². The first kappa shape index (κ1) is 15.4. The number of hydrogen-bond donors (Lipinski definition) is 0. The molecular weight excluding hydrogens is 315 g/mol. The second kappa shape index (κ2) is 5.59. The van der Waals surface area contributed by atoms with Crippen LogP contribution in [0, 0.1) is 0 Å². The highest BCUT2D eigenvalue weighted by Crippen LogP contribution is 2.35. The van der Waals surface area contributed by atoms with Gasteiger partial charge in [0.2, 0.25) is 0 Å². The predicted octanol–water partition coefficient (Wildman–Crippen LogP) is 3.66. The highest BCUT2D eigenvalue weighted by atomic mass is 35.5. The summed E-state index contributed by atoms with van der Waals surface area (Å²) in [6.45, 7) is 2.98. The van der Waals surface area contributed by atoms with Crippen LogP contribution in [0.1, 0.15) is 5.69 Å². The Morgan fingerprint density at radius 1 is 1.09 bits per heavy atom. The Morgan fingerprint density at radius 2 is 1.77 bits per heavy atom. The summed E-state index contributed by atoms with van der Waals surface area (Å²) in [6.07, 6.45) is -4.46. The number of fused-ring (bicyclic) bond motifs is 1. The number of hydrogen-bond acceptors (Lipinski definition) is 3. The zero-order valence-electron chi connectivity index (χ0n) is 12.0. The molecule has 3 nitrogen and oxygen atoms in total. The van der Waals surface area contributed by atoms with Crippen molar-refractivity contribution in [1.82, 2.24) is 9.88 Å². The largest absolute Gasteiger partial charge is 0.433 e. The quantitative estimate of drug-likeness (QED) is 0.796. The number of alkyl halides is 3. The first-order valence-electron chi connectivity index (χ1n) is 6.95. The van der Waals surface area contributed by atoms with Gasteiger partial charge < -0.3 is 9.80 Å². The topological polar surface area (TPSA) is 19.4 Å². The zero-order chi connectivity index (χ0) is 15.9. The molecule has 118 valence electrons. The number of halogens is 4. The van der Waals surface area contributed by atoms with Crippen LogP contribution < -0.4 is 4.90 Å². The summed E-state index contributed by atoms with van der Waals surface area (Å²) in [5, 5.41) is 1.15. The molecule has 0 amide bonds. The molecule has 0 radical (unpaired) electrons. The van der Waals surface area contributed by atoms with Crippen LogP contribution in [0.25, 0.3) is 10.9 Å². The molecule has 0 N–H and O–H groups in total. The fourth-order valence-electron chi connectivity index (χ4n) is 2.63. The van der Waals surface area contributed by atoms with Crippen molar-refractivity contribution >= 4 is 28.2 Å².